The Kier molecular flexibility index (Phi) is 13.9. The van der Waals surface area contributed by atoms with Crippen molar-refractivity contribution in [2.45, 2.75) is 39.2 Å². The Morgan fingerprint density at radius 2 is 0.469 bits per heavy atom. The number of hydrogen-bond acceptors (Lipinski definition) is 1. The Labute approximate surface area is 290 Å². The molecule has 0 saturated carbocycles. The van der Waals surface area contributed by atoms with Crippen LogP contribution >= 0.6 is 11.8 Å². The molecule has 6 rings (SSSR count). The number of hydrogen-bond donors (Lipinski definition) is 0. The van der Waals surface area contributed by atoms with Crippen LogP contribution in [0.3, 0.4) is 0 Å². The van der Waals surface area contributed by atoms with Gasteiger partial charge in [0, 0.05) is 9.79 Å². The zero-order valence-corrected chi connectivity index (χ0v) is 28.0. The molecule has 0 fully saturated rings. The van der Waals surface area contributed by atoms with Crippen LogP contribution in [0.1, 0.15) is 0 Å². The number of rotatable bonds is 8. The molecular formula is C36H28B2F8S3. The van der Waals surface area contributed by atoms with Gasteiger partial charge in [0.1, 0.15) is 0 Å². The molecule has 0 saturated heterocycles. The minimum absolute atomic E-state index is 0.123. The summed E-state index contributed by atoms with van der Waals surface area (Å²) in [6.45, 7) is 0. The second kappa shape index (κ2) is 18.1. The lowest BCUT2D eigenvalue weighted by Gasteiger charge is -2.10. The molecule has 0 aromatic heterocycles. The summed E-state index contributed by atoms with van der Waals surface area (Å²) in [6, 6.07) is 61.5. The number of halogens is 8. The van der Waals surface area contributed by atoms with Crippen LogP contribution in [0.25, 0.3) is 0 Å². The van der Waals surface area contributed by atoms with E-state index in [9.17, 15) is 34.5 Å². The van der Waals surface area contributed by atoms with E-state index in [1.807, 2.05) is 11.8 Å². The average Bonchev–Trinajstić information content (AvgIpc) is 3.07. The lowest BCUT2D eigenvalue weighted by atomic mass is 10.3. The molecule has 252 valence electrons. The average molecular weight is 730 g/mol. The summed E-state index contributed by atoms with van der Waals surface area (Å²) in [5, 5.41) is 0. The van der Waals surface area contributed by atoms with Gasteiger partial charge in [0.15, 0.2) is 29.4 Å². The normalized spacial score (nSPS) is 11.3. The fourth-order valence-corrected chi connectivity index (χ4v) is 9.45. The third kappa shape index (κ3) is 13.4. The predicted octanol–water partition coefficient (Wildman–Crippen LogP) is 12.6. The zero-order chi connectivity index (χ0) is 35.3. The van der Waals surface area contributed by atoms with Crippen LogP contribution < -0.4 is 0 Å². The van der Waals surface area contributed by atoms with Crippen LogP contribution in [0.5, 0.6) is 0 Å². The van der Waals surface area contributed by atoms with Crippen LogP contribution in [0.15, 0.2) is 209 Å². The minimum Gasteiger partial charge on any atom is -0.418 e. The van der Waals surface area contributed by atoms with Gasteiger partial charge in [-0.15, -0.1) is 0 Å². The highest BCUT2D eigenvalue weighted by atomic mass is 32.2. The van der Waals surface area contributed by atoms with Gasteiger partial charge >= 0.3 is 14.5 Å². The minimum atomic E-state index is -6.00. The molecule has 6 aromatic carbocycles. The highest BCUT2D eigenvalue weighted by molar-refractivity contribution is 7.99. The molecule has 0 aliphatic heterocycles. The van der Waals surface area contributed by atoms with Crippen molar-refractivity contribution >= 4 is 48.1 Å². The molecule has 0 radical (unpaired) electrons. The first-order valence-electron chi connectivity index (χ1n) is 14.7. The predicted molar refractivity (Wildman–Crippen MR) is 187 cm³/mol. The second-order valence-corrected chi connectivity index (χ2v) is 15.1. The van der Waals surface area contributed by atoms with Gasteiger partial charge in [-0.2, -0.15) is 0 Å². The van der Waals surface area contributed by atoms with Gasteiger partial charge in [0.25, 0.3) is 0 Å². The molecule has 0 heterocycles. The Hall–Kier alpha value is -4.06. The molecular weight excluding hydrogens is 702 g/mol. The molecule has 0 aliphatic carbocycles. The molecule has 6 aromatic rings. The maximum Gasteiger partial charge on any atom is 0.673 e. The molecule has 0 amide bonds. The Morgan fingerprint density at radius 3 is 0.673 bits per heavy atom. The van der Waals surface area contributed by atoms with Crippen LogP contribution in [0.2, 0.25) is 0 Å². The SMILES string of the molecule is F[B-](F)(F)F.F[B-](F)(F)F.c1ccc([S+](c2ccccc2)c2ccc(Sc3ccc([S+](c4ccccc4)c4ccccc4)cc3)cc2)cc1. The maximum atomic E-state index is 9.75. The van der Waals surface area contributed by atoms with E-state index in [0.29, 0.717) is 0 Å². The summed E-state index contributed by atoms with van der Waals surface area (Å²) in [5.74, 6) is 0. The summed E-state index contributed by atoms with van der Waals surface area (Å²) >= 11 is 1.82. The van der Waals surface area contributed by atoms with E-state index in [-0.39, 0.29) is 21.8 Å². The van der Waals surface area contributed by atoms with Crippen molar-refractivity contribution in [1.82, 2.24) is 0 Å². The summed E-state index contributed by atoms with van der Waals surface area (Å²) in [5.41, 5.74) is 0. The Balaban J connectivity index is 0.000000477. The lowest BCUT2D eigenvalue weighted by molar-refractivity contribution is 0.366. The topological polar surface area (TPSA) is 0 Å². The molecule has 0 aliphatic rings. The third-order valence-corrected chi connectivity index (χ3v) is 11.7. The monoisotopic (exact) mass is 730 g/mol. The van der Waals surface area contributed by atoms with Crippen LogP contribution in [0, 0.1) is 0 Å². The molecule has 13 heteroatoms. The van der Waals surface area contributed by atoms with Gasteiger partial charge in [0.2, 0.25) is 0 Å². The van der Waals surface area contributed by atoms with Gasteiger partial charge in [0.05, 0.1) is 21.8 Å². The van der Waals surface area contributed by atoms with Crippen molar-refractivity contribution in [3.8, 4) is 0 Å². The molecule has 0 bridgehead atoms. The highest BCUT2D eigenvalue weighted by Gasteiger charge is 2.29. The van der Waals surface area contributed by atoms with Crippen molar-refractivity contribution in [2.24, 2.45) is 0 Å². The quantitative estimate of drug-likeness (QED) is 0.0854. The van der Waals surface area contributed by atoms with Gasteiger partial charge in [-0.25, -0.2) is 0 Å². The van der Waals surface area contributed by atoms with E-state index in [0.717, 1.165) is 0 Å². The molecule has 0 spiro atoms. The Bertz CT molecular complexity index is 1580. The van der Waals surface area contributed by atoms with Crippen molar-refractivity contribution in [2.75, 3.05) is 0 Å². The smallest absolute Gasteiger partial charge is 0.418 e. The van der Waals surface area contributed by atoms with Crippen molar-refractivity contribution in [3.05, 3.63) is 170 Å². The van der Waals surface area contributed by atoms with Gasteiger partial charge in [-0.1, -0.05) is 84.6 Å². The Morgan fingerprint density at radius 1 is 0.286 bits per heavy atom. The van der Waals surface area contributed by atoms with Crippen molar-refractivity contribution in [1.29, 1.82) is 0 Å². The molecule has 49 heavy (non-hydrogen) atoms. The molecule has 0 nitrogen and oxygen atoms in total. The van der Waals surface area contributed by atoms with Crippen LogP contribution in [-0.2, 0) is 21.8 Å². The van der Waals surface area contributed by atoms with Crippen LogP contribution in [-0.4, -0.2) is 14.5 Å². The van der Waals surface area contributed by atoms with E-state index in [2.05, 4.69) is 170 Å². The largest absolute Gasteiger partial charge is 0.673 e. The number of benzene rings is 6. The summed E-state index contributed by atoms with van der Waals surface area (Å²) < 4.78 is 78.0. The highest BCUT2D eigenvalue weighted by Crippen LogP contribution is 2.36. The third-order valence-electron chi connectivity index (χ3n) is 6.27. The van der Waals surface area contributed by atoms with Crippen molar-refractivity contribution in [3.63, 3.8) is 0 Å². The van der Waals surface area contributed by atoms with Crippen molar-refractivity contribution < 1.29 is 34.5 Å². The molecule has 0 atom stereocenters. The second-order valence-electron chi connectivity index (χ2n) is 9.90. The first-order chi connectivity index (χ1) is 23.3. The molecule has 0 N–H and O–H groups in total. The van der Waals surface area contributed by atoms with Gasteiger partial charge in [-0.3, -0.25) is 0 Å². The first kappa shape index (κ1) is 37.8. The molecule has 0 unspecified atom stereocenters. The van der Waals surface area contributed by atoms with E-state index in [1.165, 1.54) is 39.2 Å². The van der Waals surface area contributed by atoms with E-state index >= 15 is 0 Å². The van der Waals surface area contributed by atoms with E-state index in [1.54, 1.807) is 0 Å². The fourth-order valence-electron chi connectivity index (χ4n) is 4.47. The first-order valence-corrected chi connectivity index (χ1v) is 17.9. The standard InChI is InChI=1S/C36H28S3.2BF4/c1-5-13-31(14-6-1)38(32-15-7-2-8-16-32)35-25-21-29(22-26-35)37-30-23-27-36(28-24-30)39(33-17-9-3-10-18-33)34-19-11-4-12-20-34;2*2-1(3,4)5/h1-28H;;/q+2;2*-1. The van der Waals surface area contributed by atoms with Gasteiger partial charge < -0.3 is 34.5 Å². The summed E-state index contributed by atoms with van der Waals surface area (Å²) in [7, 11) is -12.2. The van der Waals surface area contributed by atoms with Gasteiger partial charge in [-0.05, 0) is 97.1 Å². The zero-order valence-electron chi connectivity index (χ0n) is 25.6. The van der Waals surface area contributed by atoms with E-state index in [4.69, 9.17) is 0 Å². The van der Waals surface area contributed by atoms with Crippen LogP contribution in [0.4, 0.5) is 34.5 Å². The summed E-state index contributed by atoms with van der Waals surface area (Å²) in [4.78, 5) is 10.5. The maximum absolute atomic E-state index is 9.75. The van der Waals surface area contributed by atoms with E-state index < -0.39 is 14.5 Å². The fraction of sp³-hybridized carbons (Fsp3) is 0. The lowest BCUT2D eigenvalue weighted by Crippen LogP contribution is -2.04. The summed E-state index contributed by atoms with van der Waals surface area (Å²) in [6.07, 6.45) is 0.